The maximum atomic E-state index is 12.5. The first-order chi connectivity index (χ1) is 9.52. The number of rotatable bonds is 2. The Bertz CT molecular complexity index is 515. The first-order valence-electron chi connectivity index (χ1n) is 6.05. The Morgan fingerprint density at radius 2 is 2.20 bits per heavy atom. The van der Waals surface area contributed by atoms with Crippen molar-refractivity contribution < 1.29 is 19.1 Å². The fourth-order valence-corrected chi connectivity index (χ4v) is 2.59. The van der Waals surface area contributed by atoms with Crippen molar-refractivity contribution in [3.8, 4) is 0 Å². The molecule has 1 saturated heterocycles. The molecular weight excluding hydrogens is 328 g/mol. The van der Waals surface area contributed by atoms with E-state index in [4.69, 9.17) is 15.2 Å². The summed E-state index contributed by atoms with van der Waals surface area (Å²) in [7, 11) is 1.29. The van der Waals surface area contributed by atoms with Gasteiger partial charge in [-0.1, -0.05) is 15.9 Å². The Morgan fingerprint density at radius 3 is 2.85 bits per heavy atom. The molecule has 0 radical (unpaired) electrons. The van der Waals surface area contributed by atoms with Crippen molar-refractivity contribution in [1.29, 1.82) is 0 Å². The summed E-state index contributed by atoms with van der Waals surface area (Å²) in [6.07, 6.45) is 0. The van der Waals surface area contributed by atoms with Crippen molar-refractivity contribution >= 4 is 33.5 Å². The Balaban J connectivity index is 2.27. The minimum Gasteiger partial charge on any atom is -0.467 e. The summed E-state index contributed by atoms with van der Waals surface area (Å²) in [6.45, 7) is 0.871. The first kappa shape index (κ1) is 14.8. The molecule has 1 amide bonds. The van der Waals surface area contributed by atoms with Gasteiger partial charge in [0.2, 0.25) is 0 Å². The molecule has 2 rings (SSSR count). The zero-order valence-electron chi connectivity index (χ0n) is 11.0. The van der Waals surface area contributed by atoms with Crippen LogP contribution in [0.25, 0.3) is 0 Å². The van der Waals surface area contributed by atoms with E-state index in [2.05, 4.69) is 15.9 Å². The van der Waals surface area contributed by atoms with Crippen LogP contribution in [-0.2, 0) is 14.3 Å². The molecule has 0 bridgehead atoms. The van der Waals surface area contributed by atoms with Gasteiger partial charge in [-0.3, -0.25) is 4.79 Å². The molecule has 7 heteroatoms. The lowest BCUT2D eigenvalue weighted by Gasteiger charge is -2.33. The van der Waals surface area contributed by atoms with E-state index in [1.165, 1.54) is 12.0 Å². The van der Waals surface area contributed by atoms with E-state index in [0.717, 1.165) is 0 Å². The second-order valence-corrected chi connectivity index (χ2v) is 5.30. The molecule has 0 aromatic heterocycles. The SMILES string of the molecule is COC(=O)C1COCCN1C(=O)c1cc(N)cc(Br)c1. The van der Waals surface area contributed by atoms with E-state index in [9.17, 15) is 9.59 Å². The molecule has 1 aliphatic heterocycles. The molecular formula is C13H15BrN2O4. The number of anilines is 1. The van der Waals surface area contributed by atoms with Gasteiger partial charge in [-0.15, -0.1) is 0 Å². The number of nitrogen functional groups attached to an aromatic ring is 1. The van der Waals surface area contributed by atoms with E-state index >= 15 is 0 Å². The molecule has 2 N–H and O–H groups in total. The number of nitrogens with two attached hydrogens (primary N) is 1. The Morgan fingerprint density at radius 1 is 1.45 bits per heavy atom. The molecule has 6 nitrogen and oxygen atoms in total. The third kappa shape index (κ3) is 3.10. The lowest BCUT2D eigenvalue weighted by atomic mass is 10.1. The Labute approximate surface area is 124 Å². The van der Waals surface area contributed by atoms with Gasteiger partial charge < -0.3 is 20.1 Å². The second kappa shape index (κ2) is 6.23. The molecule has 1 aliphatic rings. The fraction of sp³-hybridized carbons (Fsp3) is 0.385. The summed E-state index contributed by atoms with van der Waals surface area (Å²) in [5.41, 5.74) is 6.63. The van der Waals surface area contributed by atoms with Crippen molar-refractivity contribution in [3.63, 3.8) is 0 Å². The zero-order chi connectivity index (χ0) is 14.7. The number of amides is 1. The van der Waals surface area contributed by atoms with Crippen LogP contribution >= 0.6 is 15.9 Å². The molecule has 1 heterocycles. The predicted octanol–water partition coefficient (Wildman–Crippen LogP) is 1.05. The van der Waals surface area contributed by atoms with Crippen molar-refractivity contribution in [3.05, 3.63) is 28.2 Å². The highest BCUT2D eigenvalue weighted by molar-refractivity contribution is 9.10. The number of hydrogen-bond donors (Lipinski definition) is 1. The smallest absolute Gasteiger partial charge is 0.331 e. The van der Waals surface area contributed by atoms with Gasteiger partial charge >= 0.3 is 5.97 Å². The van der Waals surface area contributed by atoms with E-state index in [1.807, 2.05) is 0 Å². The van der Waals surface area contributed by atoms with Gasteiger partial charge in [-0.05, 0) is 18.2 Å². The number of ether oxygens (including phenoxy) is 2. The van der Waals surface area contributed by atoms with Crippen LogP contribution in [0.2, 0.25) is 0 Å². The van der Waals surface area contributed by atoms with Gasteiger partial charge in [0.15, 0.2) is 6.04 Å². The van der Waals surface area contributed by atoms with Crippen molar-refractivity contribution in [2.75, 3.05) is 32.6 Å². The van der Waals surface area contributed by atoms with Gasteiger partial charge in [-0.2, -0.15) is 0 Å². The second-order valence-electron chi connectivity index (χ2n) is 4.39. The molecule has 1 atom stereocenters. The molecule has 1 unspecified atom stereocenters. The lowest BCUT2D eigenvalue weighted by molar-refractivity contribution is -0.151. The highest BCUT2D eigenvalue weighted by Crippen LogP contribution is 2.20. The third-order valence-corrected chi connectivity index (χ3v) is 3.49. The Hall–Kier alpha value is -1.60. The summed E-state index contributed by atoms with van der Waals surface area (Å²) in [6, 6.07) is 4.23. The van der Waals surface area contributed by atoms with Crippen LogP contribution in [0.5, 0.6) is 0 Å². The Kier molecular flexibility index (Phi) is 4.61. The topological polar surface area (TPSA) is 81.9 Å². The average molecular weight is 343 g/mol. The number of carbonyl (C=O) groups excluding carboxylic acids is 2. The largest absolute Gasteiger partial charge is 0.467 e. The lowest BCUT2D eigenvalue weighted by Crippen LogP contribution is -2.53. The predicted molar refractivity (Wildman–Crippen MR) is 76.2 cm³/mol. The zero-order valence-corrected chi connectivity index (χ0v) is 12.6. The normalized spacial score (nSPS) is 18.7. The summed E-state index contributed by atoms with van der Waals surface area (Å²) in [4.78, 5) is 25.7. The third-order valence-electron chi connectivity index (χ3n) is 3.03. The van der Waals surface area contributed by atoms with Crippen LogP contribution in [0.1, 0.15) is 10.4 Å². The first-order valence-corrected chi connectivity index (χ1v) is 6.85. The van der Waals surface area contributed by atoms with Gasteiger partial charge in [-0.25, -0.2) is 4.79 Å². The maximum absolute atomic E-state index is 12.5. The molecule has 1 fully saturated rings. The minimum absolute atomic E-state index is 0.141. The van der Waals surface area contributed by atoms with Gasteiger partial charge in [0.25, 0.3) is 5.91 Å². The number of carbonyl (C=O) groups is 2. The number of benzene rings is 1. The molecule has 0 saturated carbocycles. The number of halogens is 1. The average Bonchev–Trinajstić information content (AvgIpc) is 2.44. The van der Waals surface area contributed by atoms with E-state index < -0.39 is 12.0 Å². The number of nitrogens with zero attached hydrogens (tertiary/aromatic N) is 1. The number of morpholine rings is 1. The molecule has 20 heavy (non-hydrogen) atoms. The molecule has 1 aromatic rings. The van der Waals surface area contributed by atoms with Crippen LogP contribution in [0.15, 0.2) is 22.7 Å². The molecule has 0 aliphatic carbocycles. The van der Waals surface area contributed by atoms with Crippen molar-refractivity contribution in [2.24, 2.45) is 0 Å². The van der Waals surface area contributed by atoms with Crippen LogP contribution in [-0.4, -0.2) is 49.7 Å². The summed E-state index contributed by atoms with van der Waals surface area (Å²) >= 11 is 3.30. The van der Waals surface area contributed by atoms with Crippen LogP contribution < -0.4 is 5.73 Å². The van der Waals surface area contributed by atoms with E-state index in [1.54, 1.807) is 18.2 Å². The molecule has 0 spiro atoms. The standard InChI is InChI=1S/C13H15BrN2O4/c1-19-13(18)11-7-20-3-2-16(11)12(17)8-4-9(14)6-10(15)5-8/h4-6,11H,2-3,7,15H2,1H3. The molecule has 1 aromatic carbocycles. The van der Waals surface area contributed by atoms with Crippen molar-refractivity contribution in [2.45, 2.75) is 6.04 Å². The monoisotopic (exact) mass is 342 g/mol. The van der Waals surface area contributed by atoms with Gasteiger partial charge in [0.05, 0.1) is 20.3 Å². The number of hydrogen-bond acceptors (Lipinski definition) is 5. The van der Waals surface area contributed by atoms with Crippen LogP contribution in [0.4, 0.5) is 5.69 Å². The van der Waals surface area contributed by atoms with E-state index in [-0.39, 0.29) is 12.5 Å². The number of methoxy groups -OCH3 is 1. The number of esters is 1. The highest BCUT2D eigenvalue weighted by Gasteiger charge is 2.34. The fourth-order valence-electron chi connectivity index (χ4n) is 2.08. The minimum atomic E-state index is -0.721. The van der Waals surface area contributed by atoms with Crippen LogP contribution in [0.3, 0.4) is 0 Å². The van der Waals surface area contributed by atoms with E-state index in [0.29, 0.717) is 28.9 Å². The highest BCUT2D eigenvalue weighted by atomic mass is 79.9. The summed E-state index contributed by atoms with van der Waals surface area (Å²) in [5, 5.41) is 0. The van der Waals surface area contributed by atoms with Crippen molar-refractivity contribution in [1.82, 2.24) is 4.90 Å². The summed E-state index contributed by atoms with van der Waals surface area (Å²) < 4.78 is 10.7. The van der Waals surface area contributed by atoms with Gasteiger partial charge in [0, 0.05) is 22.3 Å². The maximum Gasteiger partial charge on any atom is 0.331 e. The van der Waals surface area contributed by atoms with Gasteiger partial charge in [0.1, 0.15) is 0 Å². The summed E-state index contributed by atoms with van der Waals surface area (Å²) in [5.74, 6) is -0.752. The quantitative estimate of drug-likeness (QED) is 0.641. The molecule has 108 valence electrons. The van der Waals surface area contributed by atoms with Crippen LogP contribution in [0, 0.1) is 0 Å².